The van der Waals surface area contributed by atoms with Gasteiger partial charge in [-0.3, -0.25) is 4.79 Å². The summed E-state index contributed by atoms with van der Waals surface area (Å²) in [6, 6.07) is 11.6. The van der Waals surface area contributed by atoms with Gasteiger partial charge in [-0.15, -0.1) is 0 Å². The van der Waals surface area contributed by atoms with E-state index in [0.29, 0.717) is 17.4 Å². The van der Waals surface area contributed by atoms with Crippen LogP contribution in [0.15, 0.2) is 48.6 Å². The number of hydrogen-bond acceptors (Lipinski definition) is 6. The summed E-state index contributed by atoms with van der Waals surface area (Å²) < 4.78 is 16.4. The number of aliphatic hydroxyl groups excluding tert-OH is 1. The number of ether oxygens (including phenoxy) is 3. The Kier molecular flexibility index (Phi) is 10.3. The number of hydrogen-bond donors (Lipinski definition) is 1. The molecule has 0 aliphatic heterocycles. The lowest BCUT2D eigenvalue weighted by Gasteiger charge is -2.30. The van der Waals surface area contributed by atoms with Crippen LogP contribution in [-0.4, -0.2) is 37.4 Å². The summed E-state index contributed by atoms with van der Waals surface area (Å²) in [5, 5.41) is 9.66. The van der Waals surface area contributed by atoms with Crippen LogP contribution in [-0.2, 0) is 20.7 Å². The number of benzene rings is 2. The molecule has 6 nitrogen and oxygen atoms in total. The second-order valence-electron chi connectivity index (χ2n) is 10.9. The van der Waals surface area contributed by atoms with E-state index in [1.54, 1.807) is 19.9 Å². The smallest absolute Gasteiger partial charge is 0.341 e. The van der Waals surface area contributed by atoms with E-state index in [2.05, 4.69) is 26.5 Å². The minimum Gasteiger partial charge on any atom is -0.426 e. The lowest BCUT2D eigenvalue weighted by atomic mass is 9.77. The molecule has 1 aliphatic carbocycles. The number of rotatable bonds is 11. The van der Waals surface area contributed by atoms with Crippen LogP contribution in [0.2, 0.25) is 0 Å². The first-order chi connectivity index (χ1) is 18.1. The van der Waals surface area contributed by atoms with Crippen LogP contribution >= 0.6 is 0 Å². The van der Waals surface area contributed by atoms with Crippen molar-refractivity contribution in [2.75, 3.05) is 20.3 Å². The van der Waals surface area contributed by atoms with Crippen molar-refractivity contribution >= 4 is 11.9 Å². The van der Waals surface area contributed by atoms with Gasteiger partial charge in [-0.2, -0.15) is 0 Å². The molecule has 1 saturated carbocycles. The molecule has 1 aliphatic rings. The molecule has 0 radical (unpaired) electrons. The summed E-state index contributed by atoms with van der Waals surface area (Å²) in [7, 11) is 1.51. The number of carbonyl (C=O) groups excluding carboxylic acids is 2. The third kappa shape index (κ3) is 7.12. The molecule has 0 heterocycles. The maximum absolute atomic E-state index is 12.8. The third-order valence-electron chi connectivity index (χ3n) is 7.61. The molecule has 0 spiro atoms. The minimum atomic E-state index is -0.979. The predicted octanol–water partition coefficient (Wildman–Crippen LogP) is 6.63. The van der Waals surface area contributed by atoms with Gasteiger partial charge in [0.25, 0.3) is 0 Å². The fourth-order valence-electron chi connectivity index (χ4n) is 4.93. The molecule has 1 N–H and O–H groups in total. The Hall–Kier alpha value is -2.96. The summed E-state index contributed by atoms with van der Waals surface area (Å²) in [5.74, 6) is 1.13. The number of aliphatic hydroxyl groups is 1. The Labute approximate surface area is 227 Å². The van der Waals surface area contributed by atoms with E-state index in [4.69, 9.17) is 14.2 Å². The highest BCUT2D eigenvalue weighted by atomic mass is 16.5. The quantitative estimate of drug-likeness (QED) is 0.203. The average Bonchev–Trinajstić information content (AvgIpc) is 2.93. The molecule has 0 saturated heterocycles. The highest BCUT2D eigenvalue weighted by molar-refractivity contribution is 5.90. The summed E-state index contributed by atoms with van der Waals surface area (Å²) in [4.78, 5) is 25.1. The van der Waals surface area contributed by atoms with Gasteiger partial charge in [-0.05, 0) is 104 Å². The van der Waals surface area contributed by atoms with Gasteiger partial charge in [0.15, 0.2) is 0 Å². The molecule has 0 amide bonds. The summed E-state index contributed by atoms with van der Waals surface area (Å²) >= 11 is 0. The zero-order valence-electron chi connectivity index (χ0n) is 23.5. The number of aryl methyl sites for hydroxylation is 1. The van der Waals surface area contributed by atoms with Crippen molar-refractivity contribution in [2.45, 2.75) is 72.1 Å². The topological polar surface area (TPSA) is 82.1 Å². The zero-order valence-corrected chi connectivity index (χ0v) is 23.5. The fourth-order valence-corrected chi connectivity index (χ4v) is 4.93. The Bertz CT molecular complexity index is 1140. The largest absolute Gasteiger partial charge is 0.426 e. The standard InChI is InChI=1S/C32H42O6/c1-7-22-9-11-24(12-10-22)28-18-25(13-16-29(28)38-31(35)32(4,5)20-33)27-15-14-26(17-23(27)8-2)37-30(34)21(3)19-36-6/h13-18,22,24,33H,3,7-12,19-20H2,1-2,4-6H3. The van der Waals surface area contributed by atoms with Crippen LogP contribution in [0, 0.1) is 11.3 Å². The fraction of sp³-hybridized carbons (Fsp3) is 0.500. The van der Waals surface area contributed by atoms with Crippen LogP contribution in [0.5, 0.6) is 11.5 Å². The van der Waals surface area contributed by atoms with E-state index in [9.17, 15) is 14.7 Å². The SMILES string of the molecule is C=C(COC)C(=O)Oc1ccc(-c2ccc(OC(=O)C(C)(C)CO)c(C3CCC(CC)CC3)c2)c(CC)c1. The maximum atomic E-state index is 12.8. The van der Waals surface area contributed by atoms with E-state index >= 15 is 0 Å². The molecule has 3 rings (SSSR count). The van der Waals surface area contributed by atoms with E-state index in [-0.39, 0.29) is 18.8 Å². The molecule has 0 atom stereocenters. The van der Waals surface area contributed by atoms with Crippen molar-refractivity contribution in [3.05, 3.63) is 59.7 Å². The van der Waals surface area contributed by atoms with Crippen LogP contribution in [0.1, 0.15) is 76.8 Å². The third-order valence-corrected chi connectivity index (χ3v) is 7.61. The van der Waals surface area contributed by atoms with Crippen LogP contribution in [0.3, 0.4) is 0 Å². The molecule has 0 aromatic heterocycles. The molecular formula is C32H42O6. The Morgan fingerprint density at radius 3 is 2.34 bits per heavy atom. The number of esters is 2. The summed E-state index contributed by atoms with van der Waals surface area (Å²) in [6.45, 7) is 11.2. The number of methoxy groups -OCH3 is 1. The van der Waals surface area contributed by atoms with E-state index in [1.807, 2.05) is 24.3 Å². The van der Waals surface area contributed by atoms with Gasteiger partial charge in [0.05, 0.1) is 24.2 Å². The van der Waals surface area contributed by atoms with Crippen molar-refractivity contribution < 1.29 is 28.9 Å². The molecule has 0 unspecified atom stereocenters. The van der Waals surface area contributed by atoms with Crippen LogP contribution < -0.4 is 9.47 Å². The van der Waals surface area contributed by atoms with Gasteiger partial charge in [0.1, 0.15) is 11.5 Å². The van der Waals surface area contributed by atoms with Crippen molar-refractivity contribution in [1.82, 2.24) is 0 Å². The first-order valence-corrected chi connectivity index (χ1v) is 13.6. The van der Waals surface area contributed by atoms with Crippen molar-refractivity contribution in [3.63, 3.8) is 0 Å². The Morgan fingerprint density at radius 1 is 1.03 bits per heavy atom. The van der Waals surface area contributed by atoms with Gasteiger partial charge in [0.2, 0.25) is 0 Å². The second kappa shape index (κ2) is 13.2. The van der Waals surface area contributed by atoms with E-state index < -0.39 is 17.4 Å². The molecule has 2 aromatic carbocycles. The predicted molar refractivity (Wildman–Crippen MR) is 149 cm³/mol. The van der Waals surface area contributed by atoms with Gasteiger partial charge in [-0.1, -0.05) is 39.0 Å². The van der Waals surface area contributed by atoms with Gasteiger partial charge >= 0.3 is 11.9 Å². The first-order valence-electron chi connectivity index (χ1n) is 13.6. The lowest BCUT2D eigenvalue weighted by Crippen LogP contribution is -2.32. The molecule has 0 bridgehead atoms. The van der Waals surface area contributed by atoms with Crippen molar-refractivity contribution in [1.29, 1.82) is 0 Å². The van der Waals surface area contributed by atoms with Gasteiger partial charge in [0, 0.05) is 7.11 Å². The minimum absolute atomic E-state index is 0.118. The second-order valence-corrected chi connectivity index (χ2v) is 10.9. The Balaban J connectivity index is 1.96. The molecule has 38 heavy (non-hydrogen) atoms. The molecule has 1 fully saturated rings. The van der Waals surface area contributed by atoms with Gasteiger partial charge < -0.3 is 19.3 Å². The number of carbonyl (C=O) groups is 2. The van der Waals surface area contributed by atoms with Crippen LogP contribution in [0.4, 0.5) is 0 Å². The maximum Gasteiger partial charge on any atom is 0.341 e. The van der Waals surface area contributed by atoms with Gasteiger partial charge in [-0.25, -0.2) is 4.79 Å². The van der Waals surface area contributed by atoms with Crippen molar-refractivity contribution in [3.8, 4) is 22.6 Å². The molecule has 206 valence electrons. The highest BCUT2D eigenvalue weighted by Gasteiger charge is 2.31. The molecule has 2 aromatic rings. The first kappa shape index (κ1) is 29.6. The molecular weight excluding hydrogens is 480 g/mol. The Morgan fingerprint density at radius 2 is 1.74 bits per heavy atom. The highest BCUT2D eigenvalue weighted by Crippen LogP contribution is 2.43. The summed E-state index contributed by atoms with van der Waals surface area (Å²) in [5.41, 5.74) is 3.42. The average molecular weight is 523 g/mol. The van der Waals surface area contributed by atoms with Crippen molar-refractivity contribution in [2.24, 2.45) is 11.3 Å². The van der Waals surface area contributed by atoms with E-state index in [1.165, 1.54) is 13.5 Å². The lowest BCUT2D eigenvalue weighted by molar-refractivity contribution is -0.146. The van der Waals surface area contributed by atoms with Crippen LogP contribution in [0.25, 0.3) is 11.1 Å². The summed E-state index contributed by atoms with van der Waals surface area (Å²) in [6.07, 6.45) is 6.37. The zero-order chi connectivity index (χ0) is 27.9. The van der Waals surface area contributed by atoms with E-state index in [0.717, 1.165) is 60.3 Å². The normalized spacial score (nSPS) is 17.6. The molecule has 6 heteroatoms. The monoisotopic (exact) mass is 522 g/mol.